The summed E-state index contributed by atoms with van der Waals surface area (Å²) in [5.74, 6) is -9.92. The number of benzene rings is 3. The van der Waals surface area contributed by atoms with Crippen molar-refractivity contribution in [1.29, 1.82) is 0 Å². The van der Waals surface area contributed by atoms with E-state index >= 15 is 0 Å². The van der Waals surface area contributed by atoms with E-state index in [9.17, 15) is 22.4 Å². The molecule has 0 aliphatic rings. The molecular weight excluding hydrogens is 474 g/mol. The minimum atomic E-state index is -1.91. The van der Waals surface area contributed by atoms with E-state index in [0.717, 1.165) is 7.11 Å². The zero-order chi connectivity index (χ0) is 24.6. The molecular formula is C23H15F4N3O3S. The first-order valence-corrected chi connectivity index (χ1v) is 10.1. The maximum atomic E-state index is 14.2. The monoisotopic (exact) mass is 489 g/mol. The quantitative estimate of drug-likeness (QED) is 0.224. The van der Waals surface area contributed by atoms with E-state index in [2.05, 4.69) is 15.0 Å². The van der Waals surface area contributed by atoms with Crippen molar-refractivity contribution in [2.45, 2.75) is 6.92 Å². The molecule has 1 amide bonds. The Morgan fingerprint density at radius 1 is 1.00 bits per heavy atom. The molecule has 0 saturated carbocycles. The van der Waals surface area contributed by atoms with Gasteiger partial charge in [0.1, 0.15) is 11.1 Å². The third kappa shape index (κ3) is 4.05. The van der Waals surface area contributed by atoms with Gasteiger partial charge in [-0.25, -0.2) is 13.8 Å². The number of amides is 1. The molecule has 6 nitrogen and oxygen atoms in total. The van der Waals surface area contributed by atoms with Gasteiger partial charge in [-0.3, -0.25) is 10.1 Å². The Kier molecular flexibility index (Phi) is 6.20. The number of ether oxygens (including phenoxy) is 1. The maximum Gasteiger partial charge on any atom is 0.263 e. The highest BCUT2D eigenvalue weighted by Gasteiger charge is 2.30. The number of anilines is 1. The maximum absolute atomic E-state index is 14.2. The van der Waals surface area contributed by atoms with Crippen LogP contribution >= 0.6 is 12.2 Å². The topological polar surface area (TPSA) is 76.4 Å². The van der Waals surface area contributed by atoms with Gasteiger partial charge in [-0.15, -0.1) is 0 Å². The number of methoxy groups -OCH3 is 1. The van der Waals surface area contributed by atoms with E-state index in [4.69, 9.17) is 16.6 Å². The molecule has 0 bridgehead atoms. The highest BCUT2D eigenvalue weighted by molar-refractivity contribution is 7.80. The van der Waals surface area contributed by atoms with Crippen molar-refractivity contribution in [2.24, 2.45) is 0 Å². The SMILES string of the molecule is COc1c(F)c(F)c(C(=O)NC(=S)Nc2cccc(-c3nc4ccccc4o3)c2C)c(F)c1F. The van der Waals surface area contributed by atoms with Crippen LogP contribution in [-0.4, -0.2) is 23.1 Å². The van der Waals surface area contributed by atoms with Gasteiger partial charge < -0.3 is 14.5 Å². The van der Waals surface area contributed by atoms with Crippen LogP contribution in [0.1, 0.15) is 15.9 Å². The molecule has 0 spiro atoms. The summed E-state index contributed by atoms with van der Waals surface area (Å²) in [5, 5.41) is 4.37. The van der Waals surface area contributed by atoms with Gasteiger partial charge in [-0.2, -0.15) is 8.78 Å². The molecule has 0 unspecified atom stereocenters. The smallest absolute Gasteiger partial charge is 0.263 e. The lowest BCUT2D eigenvalue weighted by Gasteiger charge is -2.14. The lowest BCUT2D eigenvalue weighted by Crippen LogP contribution is -2.35. The van der Waals surface area contributed by atoms with Gasteiger partial charge in [0.15, 0.2) is 28.1 Å². The summed E-state index contributed by atoms with van der Waals surface area (Å²) in [4.78, 5) is 16.8. The van der Waals surface area contributed by atoms with Crippen molar-refractivity contribution in [3.63, 3.8) is 0 Å². The summed E-state index contributed by atoms with van der Waals surface area (Å²) in [6.45, 7) is 1.74. The molecule has 4 aromatic rings. The second kappa shape index (κ2) is 9.10. The van der Waals surface area contributed by atoms with Crippen LogP contribution in [0.15, 0.2) is 46.9 Å². The van der Waals surface area contributed by atoms with Gasteiger partial charge in [0.2, 0.25) is 17.5 Å². The highest BCUT2D eigenvalue weighted by Crippen LogP contribution is 2.31. The molecule has 1 aromatic heterocycles. The molecule has 1 heterocycles. The second-order valence-corrected chi connectivity index (χ2v) is 7.45. The van der Waals surface area contributed by atoms with Gasteiger partial charge in [0, 0.05) is 11.3 Å². The Labute approximate surface area is 195 Å². The van der Waals surface area contributed by atoms with Crippen molar-refractivity contribution in [2.75, 3.05) is 12.4 Å². The van der Waals surface area contributed by atoms with Gasteiger partial charge in [0.25, 0.3) is 5.91 Å². The number of para-hydroxylation sites is 2. The van der Waals surface area contributed by atoms with Crippen molar-refractivity contribution in [3.05, 3.63) is 76.9 Å². The fourth-order valence-electron chi connectivity index (χ4n) is 3.30. The number of thiocarbonyl (C=S) groups is 1. The molecule has 0 radical (unpaired) electrons. The number of nitrogens with one attached hydrogen (secondary N) is 2. The molecule has 0 atom stereocenters. The van der Waals surface area contributed by atoms with Gasteiger partial charge in [0.05, 0.1) is 7.11 Å². The molecule has 3 aromatic carbocycles. The van der Waals surface area contributed by atoms with E-state index in [0.29, 0.717) is 33.8 Å². The van der Waals surface area contributed by atoms with Crippen molar-refractivity contribution < 1.29 is 31.5 Å². The summed E-state index contributed by atoms with van der Waals surface area (Å²) in [6, 6.07) is 12.3. The molecule has 174 valence electrons. The average molecular weight is 489 g/mol. The van der Waals surface area contributed by atoms with Gasteiger partial charge >= 0.3 is 0 Å². The van der Waals surface area contributed by atoms with Crippen LogP contribution in [0.3, 0.4) is 0 Å². The Bertz CT molecular complexity index is 1390. The number of nitrogens with zero attached hydrogens (tertiary/aromatic N) is 1. The van der Waals surface area contributed by atoms with E-state index < -0.39 is 40.5 Å². The fourth-order valence-corrected chi connectivity index (χ4v) is 3.50. The van der Waals surface area contributed by atoms with Crippen molar-refractivity contribution in [3.8, 4) is 17.2 Å². The van der Waals surface area contributed by atoms with E-state index in [-0.39, 0.29) is 5.11 Å². The molecule has 11 heteroatoms. The van der Waals surface area contributed by atoms with Crippen LogP contribution in [-0.2, 0) is 0 Å². The number of oxazole rings is 1. The third-order valence-electron chi connectivity index (χ3n) is 4.99. The van der Waals surface area contributed by atoms with Crippen LogP contribution in [0.25, 0.3) is 22.6 Å². The Hall–Kier alpha value is -3.99. The number of hydrogen-bond acceptors (Lipinski definition) is 5. The molecule has 0 saturated heterocycles. The normalized spacial score (nSPS) is 10.9. The first-order valence-electron chi connectivity index (χ1n) is 9.70. The highest BCUT2D eigenvalue weighted by atomic mass is 32.1. The number of halogens is 4. The standard InChI is InChI=1S/C23H15F4N3O3S/c1-10-11(22-28-13-7-3-4-9-14(13)33-22)6-5-8-12(10)29-23(34)30-21(31)15-16(24)18(26)20(32-2)19(27)17(15)25/h3-9H,1-2H3,(H2,29,30,31,34). The minimum absolute atomic E-state index is 0.352. The number of aromatic nitrogens is 1. The average Bonchev–Trinajstić information content (AvgIpc) is 3.23. The molecule has 2 N–H and O–H groups in total. The zero-order valence-corrected chi connectivity index (χ0v) is 18.5. The minimum Gasteiger partial charge on any atom is -0.491 e. The van der Waals surface area contributed by atoms with Crippen LogP contribution < -0.4 is 15.4 Å². The van der Waals surface area contributed by atoms with Crippen LogP contribution in [0.5, 0.6) is 5.75 Å². The van der Waals surface area contributed by atoms with Crippen LogP contribution in [0, 0.1) is 30.2 Å². The number of hydrogen-bond donors (Lipinski definition) is 2. The first kappa shape index (κ1) is 23.2. The Morgan fingerprint density at radius 3 is 2.32 bits per heavy atom. The largest absolute Gasteiger partial charge is 0.491 e. The predicted molar refractivity (Wildman–Crippen MR) is 121 cm³/mol. The Morgan fingerprint density at radius 2 is 1.68 bits per heavy atom. The molecule has 0 fully saturated rings. The zero-order valence-electron chi connectivity index (χ0n) is 17.6. The molecule has 0 aliphatic carbocycles. The molecule has 34 heavy (non-hydrogen) atoms. The summed E-state index contributed by atoms with van der Waals surface area (Å²) < 4.78 is 66.4. The lowest BCUT2D eigenvalue weighted by atomic mass is 10.1. The second-order valence-electron chi connectivity index (χ2n) is 7.04. The summed E-state index contributed by atoms with van der Waals surface area (Å²) in [5.41, 5.74) is 1.49. The van der Waals surface area contributed by atoms with Crippen LogP contribution in [0.2, 0.25) is 0 Å². The molecule has 4 rings (SSSR count). The third-order valence-corrected chi connectivity index (χ3v) is 5.19. The Balaban J connectivity index is 1.57. The van der Waals surface area contributed by atoms with Crippen LogP contribution in [0.4, 0.5) is 23.2 Å². The number of carbonyl (C=O) groups excluding carboxylic acids is 1. The number of carbonyl (C=O) groups is 1. The molecule has 0 aliphatic heterocycles. The van der Waals surface area contributed by atoms with E-state index in [1.54, 1.807) is 37.3 Å². The van der Waals surface area contributed by atoms with Crippen molar-refractivity contribution >= 4 is 40.0 Å². The van der Waals surface area contributed by atoms with Gasteiger partial charge in [-0.05, 0) is 49.0 Å². The number of fused-ring (bicyclic) bond motifs is 1. The summed E-state index contributed by atoms with van der Waals surface area (Å²) in [7, 11) is 0.830. The van der Waals surface area contributed by atoms with Gasteiger partial charge in [-0.1, -0.05) is 18.2 Å². The predicted octanol–water partition coefficient (Wildman–Crippen LogP) is 5.50. The van der Waals surface area contributed by atoms with Crippen molar-refractivity contribution in [1.82, 2.24) is 10.3 Å². The summed E-state index contributed by atoms with van der Waals surface area (Å²) >= 11 is 5.05. The van der Waals surface area contributed by atoms with E-state index in [1.165, 1.54) is 0 Å². The fraction of sp³-hybridized carbons (Fsp3) is 0.0870. The van der Waals surface area contributed by atoms with E-state index in [1.807, 2.05) is 17.4 Å². The lowest BCUT2D eigenvalue weighted by molar-refractivity contribution is 0.0966. The number of rotatable bonds is 4. The first-order chi connectivity index (χ1) is 16.2. The summed E-state index contributed by atoms with van der Waals surface area (Å²) in [6.07, 6.45) is 0.